The second-order valence-electron chi connectivity index (χ2n) is 12.9. The highest BCUT2D eigenvalue weighted by Gasteiger charge is 2.30. The van der Waals surface area contributed by atoms with Crippen LogP contribution >= 0.6 is 0 Å². The smallest absolute Gasteiger partial charge is 0.267 e. The zero-order valence-electron chi connectivity index (χ0n) is 28.7. The predicted octanol–water partition coefficient (Wildman–Crippen LogP) is 7.54. The Kier molecular flexibility index (Phi) is 8.73. The highest BCUT2D eigenvalue weighted by molar-refractivity contribution is 6.19. The SMILES string of the molecule is COC1CCC(=NC/C=C/C(=O)Nc2c(F)cc(C(=O)c3cn4c5c(cccc35)-c3c(C)cc5c(nc(C)n5C)c3[N+](C)=NC4)cc2F)CC1. The van der Waals surface area contributed by atoms with Crippen LogP contribution in [-0.4, -0.2) is 63.0 Å². The molecule has 7 rings (SSSR count). The number of amides is 1. The number of aromatic nitrogens is 3. The first kappa shape index (κ1) is 33.2. The number of nitrogens with one attached hydrogen (secondary N) is 1. The van der Waals surface area contributed by atoms with Gasteiger partial charge in [-0.15, -0.1) is 0 Å². The van der Waals surface area contributed by atoms with Crippen molar-refractivity contribution < 1.29 is 27.8 Å². The summed E-state index contributed by atoms with van der Waals surface area (Å²) in [5, 5.41) is 7.70. The maximum atomic E-state index is 15.3. The summed E-state index contributed by atoms with van der Waals surface area (Å²) in [4.78, 5) is 35.8. The molecule has 3 heterocycles. The first-order chi connectivity index (χ1) is 24.0. The number of azo groups is 2. The van der Waals surface area contributed by atoms with Crippen LogP contribution in [-0.2, 0) is 23.2 Å². The number of ketones is 1. The number of aliphatic imine (C=N–C) groups is 1. The van der Waals surface area contributed by atoms with Crippen molar-refractivity contribution in [3.8, 4) is 11.1 Å². The Labute approximate surface area is 287 Å². The lowest BCUT2D eigenvalue weighted by molar-refractivity contribution is -0.483. The topological polar surface area (TPSA) is 106 Å². The van der Waals surface area contributed by atoms with Gasteiger partial charge in [0.2, 0.25) is 5.91 Å². The largest absolute Gasteiger partial charge is 0.381 e. The van der Waals surface area contributed by atoms with Crippen LogP contribution in [0.15, 0.2) is 64.9 Å². The van der Waals surface area contributed by atoms with E-state index in [0.29, 0.717) is 5.39 Å². The van der Waals surface area contributed by atoms with Gasteiger partial charge >= 0.3 is 0 Å². The molecular formula is C38H38F2N7O3+. The Balaban J connectivity index is 1.17. The second-order valence-corrected chi connectivity index (χ2v) is 12.9. The average Bonchev–Trinajstić information content (AvgIpc) is 3.61. The number of anilines is 1. The van der Waals surface area contributed by atoms with Gasteiger partial charge in [0.1, 0.15) is 23.1 Å². The predicted molar refractivity (Wildman–Crippen MR) is 189 cm³/mol. The number of imidazole rings is 1. The van der Waals surface area contributed by atoms with Gasteiger partial charge in [0.05, 0.1) is 29.2 Å². The summed E-state index contributed by atoms with van der Waals surface area (Å²) in [6.07, 6.45) is 8.19. The van der Waals surface area contributed by atoms with E-state index in [1.165, 1.54) is 6.08 Å². The van der Waals surface area contributed by atoms with Crippen molar-refractivity contribution >= 4 is 50.7 Å². The molecule has 0 atom stereocenters. The third-order valence-electron chi connectivity index (χ3n) is 9.82. The number of aryl methyl sites for hydroxylation is 3. The van der Waals surface area contributed by atoms with Gasteiger partial charge < -0.3 is 19.2 Å². The van der Waals surface area contributed by atoms with E-state index in [1.807, 2.05) is 60.0 Å². The molecule has 2 aliphatic rings. The average molecular weight is 679 g/mol. The molecule has 3 aromatic carbocycles. The van der Waals surface area contributed by atoms with Gasteiger partial charge in [0.25, 0.3) is 5.69 Å². The molecule has 10 nitrogen and oxygen atoms in total. The van der Waals surface area contributed by atoms with E-state index in [1.54, 1.807) is 19.4 Å². The number of hydrogen-bond donors (Lipinski definition) is 1. The van der Waals surface area contributed by atoms with Crippen LogP contribution in [0.5, 0.6) is 0 Å². The number of hydrogen-bond acceptors (Lipinski definition) is 6. The Morgan fingerprint density at radius 1 is 1.14 bits per heavy atom. The van der Waals surface area contributed by atoms with Gasteiger partial charge in [-0.2, -0.15) is 0 Å². The van der Waals surface area contributed by atoms with Gasteiger partial charge in [-0.25, -0.2) is 13.8 Å². The molecule has 256 valence electrons. The number of para-hydroxylation sites is 1. The number of benzene rings is 3. The van der Waals surface area contributed by atoms with E-state index in [2.05, 4.69) is 16.4 Å². The number of halogens is 2. The zero-order chi connectivity index (χ0) is 35.3. The van der Waals surface area contributed by atoms with E-state index < -0.39 is 29.0 Å². The monoisotopic (exact) mass is 678 g/mol. The molecule has 2 aromatic heterocycles. The number of ether oxygens (including phenoxy) is 1. The molecule has 1 aliphatic heterocycles. The molecule has 1 amide bonds. The highest BCUT2D eigenvalue weighted by atomic mass is 19.1. The molecular weight excluding hydrogens is 640 g/mol. The van der Waals surface area contributed by atoms with Gasteiger partial charge in [0, 0.05) is 54.2 Å². The molecule has 0 radical (unpaired) electrons. The van der Waals surface area contributed by atoms with E-state index >= 15 is 8.78 Å². The standard InChI is InChI=1S/C38H37F2N7O3/c1-21-16-31-35(43-22(2)45(31)3)37-33(21)27-9-6-8-26-28(19-47(36(26)27)20-42-46(37)4)38(49)23-17-29(39)34(30(40)18-23)44-32(48)10-7-15-41-24-11-13-25(50-5)14-12-24/h6-10,16-19,25H,11-15,20H2,1-5H3/p+1/b10-7+,41-24?,46-42?. The van der Waals surface area contributed by atoms with Crippen molar-refractivity contribution in [3.63, 3.8) is 0 Å². The second kappa shape index (κ2) is 13.2. The van der Waals surface area contributed by atoms with Crippen molar-refractivity contribution in [2.24, 2.45) is 17.2 Å². The lowest BCUT2D eigenvalue weighted by atomic mass is 9.94. The molecule has 1 saturated carbocycles. The Morgan fingerprint density at radius 2 is 1.88 bits per heavy atom. The lowest BCUT2D eigenvalue weighted by Crippen LogP contribution is -2.20. The number of nitrogens with zero attached hydrogens (tertiary/aromatic N) is 6. The molecule has 0 unspecified atom stereocenters. The van der Waals surface area contributed by atoms with Crippen molar-refractivity contribution in [1.29, 1.82) is 0 Å². The summed E-state index contributed by atoms with van der Waals surface area (Å²) in [7, 11) is 5.57. The fourth-order valence-corrected chi connectivity index (χ4v) is 7.10. The van der Waals surface area contributed by atoms with Crippen molar-refractivity contribution in [3.05, 3.63) is 88.9 Å². The maximum absolute atomic E-state index is 15.3. The Bertz CT molecular complexity index is 2280. The lowest BCUT2D eigenvalue weighted by Gasteiger charge is -2.21. The molecule has 1 aliphatic carbocycles. The van der Waals surface area contributed by atoms with E-state index in [4.69, 9.17) is 14.8 Å². The van der Waals surface area contributed by atoms with Gasteiger partial charge in [-0.05, 0) is 68.4 Å². The van der Waals surface area contributed by atoms with Crippen LogP contribution in [0, 0.1) is 25.5 Å². The molecule has 1 N–H and O–H groups in total. The minimum Gasteiger partial charge on any atom is -0.381 e. The van der Waals surface area contributed by atoms with Crippen LogP contribution in [0.4, 0.5) is 20.2 Å². The van der Waals surface area contributed by atoms with Crippen LogP contribution < -0.4 is 5.32 Å². The van der Waals surface area contributed by atoms with Crippen molar-refractivity contribution in [2.75, 3.05) is 26.0 Å². The third kappa shape index (κ3) is 5.83. The van der Waals surface area contributed by atoms with E-state index in [0.717, 1.165) is 88.3 Å². The summed E-state index contributed by atoms with van der Waals surface area (Å²) >= 11 is 0. The van der Waals surface area contributed by atoms with E-state index in [9.17, 15) is 9.59 Å². The fraction of sp³-hybridized carbons (Fsp3) is 0.316. The van der Waals surface area contributed by atoms with Crippen LogP contribution in [0.25, 0.3) is 33.1 Å². The van der Waals surface area contributed by atoms with Crippen molar-refractivity contribution in [1.82, 2.24) is 14.1 Å². The Hall–Kier alpha value is -5.36. The van der Waals surface area contributed by atoms with Crippen LogP contribution in [0.1, 0.15) is 53.0 Å². The maximum Gasteiger partial charge on any atom is 0.267 e. The summed E-state index contributed by atoms with van der Waals surface area (Å²) in [5.74, 6) is -2.48. The first-order valence-corrected chi connectivity index (χ1v) is 16.6. The molecule has 1 fully saturated rings. The molecule has 0 bridgehead atoms. The van der Waals surface area contributed by atoms with Crippen LogP contribution in [0.2, 0.25) is 0 Å². The number of carbonyl (C=O) groups is 2. The van der Waals surface area contributed by atoms with Gasteiger partial charge in [-0.1, -0.05) is 29.0 Å². The zero-order valence-corrected chi connectivity index (χ0v) is 28.7. The minimum atomic E-state index is -1.05. The number of methoxy groups -OCH3 is 1. The third-order valence-corrected chi connectivity index (χ3v) is 9.82. The van der Waals surface area contributed by atoms with E-state index in [-0.39, 0.29) is 30.4 Å². The normalized spacial score (nSPS) is 16.0. The van der Waals surface area contributed by atoms with Crippen molar-refractivity contribution in [2.45, 2.75) is 52.3 Å². The molecule has 0 saturated heterocycles. The number of fused-ring (bicyclic) bond motifs is 4. The highest BCUT2D eigenvalue weighted by Crippen LogP contribution is 2.44. The summed E-state index contributed by atoms with van der Waals surface area (Å²) in [6, 6.07) is 9.72. The summed E-state index contributed by atoms with van der Waals surface area (Å²) in [5.41, 5.74) is 6.87. The summed E-state index contributed by atoms with van der Waals surface area (Å²) in [6.45, 7) is 4.50. The molecule has 0 spiro atoms. The number of carbonyl (C=O) groups excluding carboxylic acids is 2. The number of rotatable bonds is 7. The molecule has 5 aromatic rings. The molecule has 12 heteroatoms. The first-order valence-electron chi connectivity index (χ1n) is 16.6. The van der Waals surface area contributed by atoms with Crippen LogP contribution in [0.3, 0.4) is 0 Å². The molecule has 50 heavy (non-hydrogen) atoms. The van der Waals surface area contributed by atoms with Gasteiger partial charge in [0.15, 0.2) is 25.0 Å². The quantitative estimate of drug-likeness (QED) is 0.109. The van der Waals surface area contributed by atoms with Gasteiger partial charge in [-0.3, -0.25) is 14.6 Å². The Morgan fingerprint density at radius 3 is 2.60 bits per heavy atom. The summed E-state index contributed by atoms with van der Waals surface area (Å²) < 4.78 is 41.8. The fourth-order valence-electron chi connectivity index (χ4n) is 7.10. The minimum absolute atomic E-state index is 0.178.